The number of fused-ring (bicyclic) bond motifs is 1. The Morgan fingerprint density at radius 1 is 1.03 bits per heavy atom. The largest absolute Gasteiger partial charge is 0.356 e. The Labute approximate surface area is 170 Å². The summed E-state index contributed by atoms with van der Waals surface area (Å²) in [6.07, 6.45) is 3.28. The molecule has 6 nitrogen and oxygen atoms in total. The van der Waals surface area contributed by atoms with Crippen LogP contribution in [0.15, 0.2) is 54.6 Å². The Morgan fingerprint density at radius 2 is 1.76 bits per heavy atom. The summed E-state index contributed by atoms with van der Waals surface area (Å²) >= 11 is 0. The second-order valence-electron chi connectivity index (χ2n) is 7.56. The number of carbonyl (C=O) groups is 2. The van der Waals surface area contributed by atoms with Crippen molar-refractivity contribution >= 4 is 22.7 Å². The number of nitrogens with one attached hydrogen (secondary N) is 2. The lowest BCUT2D eigenvalue weighted by Crippen LogP contribution is -2.43. The van der Waals surface area contributed by atoms with Crippen LogP contribution in [-0.4, -0.2) is 46.5 Å². The fraction of sp³-hybridized carbons (Fsp3) is 0.348. The highest BCUT2D eigenvalue weighted by molar-refractivity contribution is 6.04. The SMILES string of the molecule is O=C(NCCCc1ccccc1)C1CCN(C(=O)c2n[nH]c3ccccc23)CC1. The summed E-state index contributed by atoms with van der Waals surface area (Å²) in [6, 6.07) is 17.9. The molecule has 6 heteroatoms. The molecule has 29 heavy (non-hydrogen) atoms. The quantitative estimate of drug-likeness (QED) is 0.635. The Balaban J connectivity index is 1.23. The molecule has 2 aromatic carbocycles. The molecule has 4 rings (SSSR count). The first-order valence-electron chi connectivity index (χ1n) is 10.3. The van der Waals surface area contributed by atoms with Crippen molar-refractivity contribution in [2.45, 2.75) is 25.7 Å². The zero-order chi connectivity index (χ0) is 20.1. The molecule has 1 fully saturated rings. The number of piperidine rings is 1. The van der Waals surface area contributed by atoms with Gasteiger partial charge in [-0.1, -0.05) is 48.5 Å². The molecule has 3 aromatic rings. The minimum absolute atomic E-state index is 0.0216. The Hall–Kier alpha value is -3.15. The average Bonchev–Trinajstić information content (AvgIpc) is 3.21. The zero-order valence-corrected chi connectivity index (χ0v) is 16.4. The van der Waals surface area contributed by atoms with Gasteiger partial charge in [0.1, 0.15) is 0 Å². The van der Waals surface area contributed by atoms with Gasteiger partial charge in [0.15, 0.2) is 5.69 Å². The van der Waals surface area contributed by atoms with E-state index in [4.69, 9.17) is 0 Å². The molecule has 1 aromatic heterocycles. The fourth-order valence-electron chi connectivity index (χ4n) is 3.91. The van der Waals surface area contributed by atoms with Crippen molar-refractivity contribution < 1.29 is 9.59 Å². The number of carbonyl (C=O) groups excluding carboxylic acids is 2. The van der Waals surface area contributed by atoms with Gasteiger partial charge in [-0.15, -0.1) is 0 Å². The molecule has 0 radical (unpaired) electrons. The van der Waals surface area contributed by atoms with E-state index in [1.807, 2.05) is 47.4 Å². The lowest BCUT2D eigenvalue weighted by molar-refractivity contribution is -0.126. The van der Waals surface area contributed by atoms with E-state index in [0.29, 0.717) is 38.2 Å². The molecule has 0 aliphatic carbocycles. The van der Waals surface area contributed by atoms with Crippen LogP contribution in [0.2, 0.25) is 0 Å². The minimum Gasteiger partial charge on any atom is -0.356 e. The lowest BCUT2D eigenvalue weighted by atomic mass is 9.95. The predicted octanol–water partition coefficient (Wildman–Crippen LogP) is 3.16. The number of amides is 2. The van der Waals surface area contributed by atoms with E-state index in [1.165, 1.54) is 5.56 Å². The number of nitrogens with zero attached hydrogens (tertiary/aromatic N) is 2. The fourth-order valence-corrected chi connectivity index (χ4v) is 3.91. The maximum atomic E-state index is 12.8. The third-order valence-electron chi connectivity index (χ3n) is 5.61. The molecule has 1 aliphatic rings. The normalized spacial score (nSPS) is 14.8. The van der Waals surface area contributed by atoms with Crippen molar-refractivity contribution in [3.8, 4) is 0 Å². The number of H-pyrrole nitrogens is 1. The maximum Gasteiger partial charge on any atom is 0.274 e. The second kappa shape index (κ2) is 8.90. The minimum atomic E-state index is -0.0656. The Kier molecular flexibility index (Phi) is 5.89. The second-order valence-corrected chi connectivity index (χ2v) is 7.56. The molecule has 2 amide bonds. The molecule has 2 N–H and O–H groups in total. The van der Waals surface area contributed by atoms with E-state index >= 15 is 0 Å². The van der Waals surface area contributed by atoms with Crippen LogP contribution in [-0.2, 0) is 11.2 Å². The van der Waals surface area contributed by atoms with Crippen LogP contribution in [0.5, 0.6) is 0 Å². The molecule has 150 valence electrons. The van der Waals surface area contributed by atoms with E-state index in [9.17, 15) is 9.59 Å². The average molecular weight is 390 g/mol. The molecule has 0 saturated carbocycles. The standard InChI is InChI=1S/C23H26N4O2/c28-22(24-14-6-9-17-7-2-1-3-8-17)18-12-15-27(16-13-18)23(29)21-19-10-4-5-11-20(19)25-26-21/h1-5,7-8,10-11,18H,6,9,12-16H2,(H,24,28)(H,25,26). The van der Waals surface area contributed by atoms with Gasteiger partial charge in [0.25, 0.3) is 5.91 Å². The van der Waals surface area contributed by atoms with Crippen LogP contribution in [0.4, 0.5) is 0 Å². The third-order valence-corrected chi connectivity index (χ3v) is 5.61. The number of benzene rings is 2. The summed E-state index contributed by atoms with van der Waals surface area (Å²) in [5.74, 6) is 0.0197. The first-order valence-corrected chi connectivity index (χ1v) is 10.3. The summed E-state index contributed by atoms with van der Waals surface area (Å²) in [5, 5.41) is 11.0. The topological polar surface area (TPSA) is 78.1 Å². The van der Waals surface area contributed by atoms with Gasteiger partial charge in [0.05, 0.1) is 5.52 Å². The first-order chi connectivity index (χ1) is 14.2. The van der Waals surface area contributed by atoms with Crippen molar-refractivity contribution in [3.63, 3.8) is 0 Å². The van der Waals surface area contributed by atoms with Crippen molar-refractivity contribution in [1.29, 1.82) is 0 Å². The summed E-state index contributed by atoms with van der Waals surface area (Å²) in [5.41, 5.74) is 2.62. The van der Waals surface area contributed by atoms with Crippen LogP contribution in [0, 0.1) is 5.92 Å². The smallest absolute Gasteiger partial charge is 0.274 e. The van der Waals surface area contributed by atoms with Crippen LogP contribution in [0.1, 0.15) is 35.3 Å². The van der Waals surface area contributed by atoms with Gasteiger partial charge in [-0.3, -0.25) is 14.7 Å². The van der Waals surface area contributed by atoms with Crippen LogP contribution < -0.4 is 5.32 Å². The summed E-state index contributed by atoms with van der Waals surface area (Å²) in [4.78, 5) is 27.1. The highest BCUT2D eigenvalue weighted by Crippen LogP contribution is 2.22. The number of hydrogen-bond donors (Lipinski definition) is 2. The first kappa shape index (κ1) is 19.2. The van der Waals surface area contributed by atoms with E-state index in [1.54, 1.807) is 0 Å². The van der Waals surface area contributed by atoms with Gasteiger partial charge in [0.2, 0.25) is 5.91 Å². The molecule has 2 heterocycles. The Bertz CT molecular complexity index is 975. The number of aromatic nitrogens is 2. The van der Waals surface area contributed by atoms with E-state index in [-0.39, 0.29) is 17.7 Å². The molecule has 0 bridgehead atoms. The van der Waals surface area contributed by atoms with Crippen molar-refractivity contribution in [2.24, 2.45) is 5.92 Å². The summed E-state index contributed by atoms with van der Waals surface area (Å²) < 4.78 is 0. The maximum absolute atomic E-state index is 12.8. The number of para-hydroxylation sites is 1. The van der Waals surface area contributed by atoms with Crippen molar-refractivity contribution in [1.82, 2.24) is 20.4 Å². The molecular formula is C23H26N4O2. The van der Waals surface area contributed by atoms with E-state index in [0.717, 1.165) is 23.7 Å². The van der Waals surface area contributed by atoms with E-state index < -0.39 is 0 Å². The van der Waals surface area contributed by atoms with Gasteiger partial charge in [0, 0.05) is 30.9 Å². The predicted molar refractivity (Wildman–Crippen MR) is 112 cm³/mol. The van der Waals surface area contributed by atoms with Gasteiger partial charge in [-0.2, -0.15) is 5.10 Å². The summed E-state index contributed by atoms with van der Waals surface area (Å²) in [6.45, 7) is 1.86. The molecule has 1 saturated heterocycles. The number of hydrogen-bond acceptors (Lipinski definition) is 3. The van der Waals surface area contributed by atoms with Crippen LogP contribution in [0.3, 0.4) is 0 Å². The van der Waals surface area contributed by atoms with Crippen molar-refractivity contribution in [2.75, 3.05) is 19.6 Å². The number of aromatic amines is 1. The molecule has 0 atom stereocenters. The van der Waals surface area contributed by atoms with Crippen molar-refractivity contribution in [3.05, 3.63) is 65.9 Å². The molecular weight excluding hydrogens is 364 g/mol. The third kappa shape index (κ3) is 4.47. The molecule has 1 aliphatic heterocycles. The Morgan fingerprint density at radius 3 is 2.55 bits per heavy atom. The molecule has 0 spiro atoms. The monoisotopic (exact) mass is 390 g/mol. The number of likely N-dealkylation sites (tertiary alicyclic amines) is 1. The highest BCUT2D eigenvalue weighted by atomic mass is 16.2. The van der Waals surface area contributed by atoms with Gasteiger partial charge in [-0.05, 0) is 37.3 Å². The lowest BCUT2D eigenvalue weighted by Gasteiger charge is -2.31. The van der Waals surface area contributed by atoms with E-state index in [2.05, 4.69) is 27.6 Å². The zero-order valence-electron chi connectivity index (χ0n) is 16.4. The van der Waals surface area contributed by atoms with Crippen LogP contribution in [0.25, 0.3) is 10.9 Å². The number of aryl methyl sites for hydroxylation is 1. The highest BCUT2D eigenvalue weighted by Gasteiger charge is 2.29. The van der Waals surface area contributed by atoms with Gasteiger partial charge < -0.3 is 10.2 Å². The van der Waals surface area contributed by atoms with Crippen LogP contribution >= 0.6 is 0 Å². The molecule has 0 unspecified atom stereocenters. The van der Waals surface area contributed by atoms with Gasteiger partial charge >= 0.3 is 0 Å². The number of rotatable bonds is 6. The van der Waals surface area contributed by atoms with Gasteiger partial charge in [-0.25, -0.2) is 0 Å². The summed E-state index contributed by atoms with van der Waals surface area (Å²) in [7, 11) is 0.